The van der Waals surface area contributed by atoms with Gasteiger partial charge in [0.1, 0.15) is 5.82 Å². The summed E-state index contributed by atoms with van der Waals surface area (Å²) in [6.07, 6.45) is 4.29. The lowest BCUT2D eigenvalue weighted by molar-refractivity contribution is -0.123. The standard InChI is InChI=1S/C21H28N6O2.CH2O2/c22-21-25-13-10-18(26-21)27-14-4-11-23-19(28)8-7-17(9-12-24-20(29)15-27)16-5-2-1-3-6-16;2-1-3/h1-3,5-6,10,13,17H,4,7-9,11-12,14-15H2,(H,23,28)(H,24,29)(H2,22,25,26);1H,(H,2,3). The van der Waals surface area contributed by atoms with Crippen molar-refractivity contribution in [3.8, 4) is 0 Å². The maximum Gasteiger partial charge on any atom is 0.290 e. The number of carbonyl (C=O) groups excluding carboxylic acids is 2. The minimum Gasteiger partial charge on any atom is -0.483 e. The smallest absolute Gasteiger partial charge is 0.290 e. The van der Waals surface area contributed by atoms with Crippen molar-refractivity contribution in [2.24, 2.45) is 0 Å². The van der Waals surface area contributed by atoms with E-state index >= 15 is 0 Å². The van der Waals surface area contributed by atoms with Crippen LogP contribution in [0.5, 0.6) is 0 Å². The second-order valence-corrected chi connectivity index (χ2v) is 7.29. The average Bonchev–Trinajstić information content (AvgIpc) is 2.79. The van der Waals surface area contributed by atoms with E-state index in [1.165, 1.54) is 5.56 Å². The van der Waals surface area contributed by atoms with Crippen LogP contribution in [0.4, 0.5) is 11.8 Å². The van der Waals surface area contributed by atoms with Crippen molar-refractivity contribution in [3.05, 3.63) is 48.2 Å². The summed E-state index contributed by atoms with van der Waals surface area (Å²) >= 11 is 0. The van der Waals surface area contributed by atoms with Crippen molar-refractivity contribution < 1.29 is 19.5 Å². The molecular formula is C22H30N6O4. The number of hydrogen-bond donors (Lipinski definition) is 4. The highest BCUT2D eigenvalue weighted by Gasteiger charge is 2.17. The molecule has 32 heavy (non-hydrogen) atoms. The number of aromatic nitrogens is 2. The third kappa shape index (κ3) is 8.58. The Kier molecular flexibility index (Phi) is 10.4. The number of benzene rings is 1. The molecule has 1 aromatic carbocycles. The lowest BCUT2D eigenvalue weighted by atomic mass is 9.91. The maximum absolute atomic E-state index is 12.5. The van der Waals surface area contributed by atoms with Crippen molar-refractivity contribution >= 4 is 30.1 Å². The fourth-order valence-corrected chi connectivity index (χ4v) is 3.52. The molecule has 1 aromatic heterocycles. The van der Waals surface area contributed by atoms with E-state index < -0.39 is 0 Å². The second kappa shape index (κ2) is 13.6. The zero-order chi connectivity index (χ0) is 23.2. The molecule has 0 radical (unpaired) electrons. The number of carboxylic acid groups (broad SMARTS) is 1. The van der Waals surface area contributed by atoms with E-state index in [9.17, 15) is 9.59 Å². The number of nitrogens with zero attached hydrogens (tertiary/aromatic N) is 3. The van der Waals surface area contributed by atoms with Crippen LogP contribution in [-0.2, 0) is 14.4 Å². The molecule has 172 valence electrons. The predicted octanol–water partition coefficient (Wildman–Crippen LogP) is 1.16. The predicted molar refractivity (Wildman–Crippen MR) is 121 cm³/mol. The van der Waals surface area contributed by atoms with Crippen molar-refractivity contribution in [2.75, 3.05) is 36.8 Å². The Balaban J connectivity index is 0.00000114. The van der Waals surface area contributed by atoms with Gasteiger partial charge >= 0.3 is 0 Å². The van der Waals surface area contributed by atoms with Crippen molar-refractivity contribution in [1.82, 2.24) is 20.6 Å². The summed E-state index contributed by atoms with van der Waals surface area (Å²) in [5, 5.41) is 12.9. The fraction of sp³-hybridized carbons (Fsp3) is 0.409. The Hall–Kier alpha value is -3.69. The van der Waals surface area contributed by atoms with E-state index in [0.29, 0.717) is 38.3 Å². The first kappa shape index (κ1) is 24.6. The van der Waals surface area contributed by atoms with Crippen molar-refractivity contribution in [3.63, 3.8) is 0 Å². The number of nitrogens with one attached hydrogen (secondary N) is 2. The van der Waals surface area contributed by atoms with Gasteiger partial charge in [0.05, 0.1) is 6.54 Å². The van der Waals surface area contributed by atoms with E-state index in [2.05, 4.69) is 32.7 Å². The van der Waals surface area contributed by atoms with Crippen molar-refractivity contribution in [1.29, 1.82) is 0 Å². The summed E-state index contributed by atoms with van der Waals surface area (Å²) in [6.45, 7) is 1.62. The van der Waals surface area contributed by atoms with E-state index in [1.54, 1.807) is 12.3 Å². The number of rotatable bonds is 2. The van der Waals surface area contributed by atoms with Crippen LogP contribution in [0, 0.1) is 0 Å². The number of nitrogen functional groups attached to an aromatic ring is 1. The Labute approximate surface area is 187 Å². The minimum absolute atomic E-state index is 0.0601. The number of nitrogens with two attached hydrogens (primary N) is 1. The molecule has 3 rings (SSSR count). The minimum atomic E-state index is -0.250. The van der Waals surface area contributed by atoms with Crippen LogP contribution in [0.25, 0.3) is 0 Å². The first-order valence-corrected chi connectivity index (χ1v) is 10.5. The molecule has 0 aliphatic carbocycles. The van der Waals surface area contributed by atoms with Gasteiger partial charge in [-0.1, -0.05) is 30.3 Å². The molecule has 5 N–H and O–H groups in total. The fourth-order valence-electron chi connectivity index (χ4n) is 3.52. The quantitative estimate of drug-likeness (QED) is 0.506. The van der Waals surface area contributed by atoms with Gasteiger partial charge in [0, 0.05) is 32.3 Å². The largest absolute Gasteiger partial charge is 0.483 e. The zero-order valence-electron chi connectivity index (χ0n) is 17.9. The van der Waals surface area contributed by atoms with Gasteiger partial charge < -0.3 is 26.4 Å². The molecule has 10 heteroatoms. The van der Waals surface area contributed by atoms with E-state index in [-0.39, 0.29) is 36.7 Å². The molecule has 1 fully saturated rings. The molecule has 1 aliphatic heterocycles. The topological polar surface area (TPSA) is 151 Å². The van der Waals surface area contributed by atoms with Crippen LogP contribution in [0.2, 0.25) is 0 Å². The maximum atomic E-state index is 12.5. The van der Waals surface area contributed by atoms with Gasteiger partial charge in [0.2, 0.25) is 17.8 Å². The molecule has 2 aromatic rings. The molecule has 0 bridgehead atoms. The van der Waals surface area contributed by atoms with Crippen LogP contribution < -0.4 is 21.3 Å². The van der Waals surface area contributed by atoms with Crippen molar-refractivity contribution in [2.45, 2.75) is 31.6 Å². The first-order valence-electron chi connectivity index (χ1n) is 10.5. The molecular weight excluding hydrogens is 412 g/mol. The Bertz CT molecular complexity index is 865. The average molecular weight is 443 g/mol. The molecule has 1 atom stereocenters. The highest BCUT2D eigenvalue weighted by atomic mass is 16.3. The molecule has 1 aliphatic rings. The van der Waals surface area contributed by atoms with Gasteiger partial charge in [0.25, 0.3) is 6.47 Å². The summed E-state index contributed by atoms with van der Waals surface area (Å²) < 4.78 is 0. The van der Waals surface area contributed by atoms with Gasteiger partial charge in [-0.3, -0.25) is 14.4 Å². The molecule has 2 heterocycles. The summed E-state index contributed by atoms with van der Waals surface area (Å²) in [5.74, 6) is 0.998. The monoisotopic (exact) mass is 442 g/mol. The van der Waals surface area contributed by atoms with E-state index in [1.807, 2.05) is 23.1 Å². The van der Waals surface area contributed by atoms with E-state index in [0.717, 1.165) is 12.8 Å². The SMILES string of the molecule is Nc1nccc(N2CCCNC(=O)CCC(c3ccccc3)CCNC(=O)C2)n1.O=CO. The summed E-state index contributed by atoms with van der Waals surface area (Å²) in [7, 11) is 0. The van der Waals surface area contributed by atoms with Crippen LogP contribution >= 0.6 is 0 Å². The number of hydrogen-bond acceptors (Lipinski definition) is 7. The van der Waals surface area contributed by atoms with Crippen LogP contribution in [0.3, 0.4) is 0 Å². The molecule has 1 saturated heterocycles. The zero-order valence-corrected chi connectivity index (χ0v) is 17.9. The van der Waals surface area contributed by atoms with E-state index in [4.69, 9.17) is 15.6 Å². The molecule has 2 amide bonds. The molecule has 0 saturated carbocycles. The lowest BCUT2D eigenvalue weighted by Crippen LogP contribution is -2.40. The molecule has 0 spiro atoms. The van der Waals surface area contributed by atoms with Crippen LogP contribution in [0.1, 0.15) is 37.2 Å². The van der Waals surface area contributed by atoms with Gasteiger partial charge in [-0.15, -0.1) is 0 Å². The van der Waals surface area contributed by atoms with Gasteiger partial charge in [-0.2, -0.15) is 4.98 Å². The summed E-state index contributed by atoms with van der Waals surface area (Å²) in [5.41, 5.74) is 6.89. The highest BCUT2D eigenvalue weighted by molar-refractivity contribution is 5.81. The van der Waals surface area contributed by atoms with Crippen LogP contribution in [-0.4, -0.2) is 59.5 Å². The third-order valence-corrected chi connectivity index (χ3v) is 5.05. The van der Waals surface area contributed by atoms with Gasteiger partial charge in [-0.05, 0) is 36.8 Å². The molecule has 1 unspecified atom stereocenters. The number of anilines is 2. The lowest BCUT2D eigenvalue weighted by Gasteiger charge is -2.24. The molecule has 10 nitrogen and oxygen atoms in total. The third-order valence-electron chi connectivity index (χ3n) is 5.05. The second-order valence-electron chi connectivity index (χ2n) is 7.29. The Morgan fingerprint density at radius 2 is 1.78 bits per heavy atom. The summed E-state index contributed by atoms with van der Waals surface area (Å²) in [6, 6.07) is 11.9. The van der Waals surface area contributed by atoms with Gasteiger partial charge in [-0.25, -0.2) is 4.98 Å². The Morgan fingerprint density at radius 3 is 2.50 bits per heavy atom. The Morgan fingerprint density at radius 1 is 1.06 bits per heavy atom. The highest BCUT2D eigenvalue weighted by Crippen LogP contribution is 2.24. The van der Waals surface area contributed by atoms with Gasteiger partial charge in [0.15, 0.2) is 0 Å². The normalized spacial score (nSPS) is 18.2. The first-order chi connectivity index (χ1) is 15.5. The summed E-state index contributed by atoms with van der Waals surface area (Å²) in [4.78, 5) is 43.1. The number of carbonyl (C=O) groups is 3. The van der Waals surface area contributed by atoms with Crippen LogP contribution in [0.15, 0.2) is 42.6 Å². The number of amides is 2.